The number of nitrogens with zero attached hydrogens (tertiary/aromatic N) is 3. The number of hydrogen-bond donors (Lipinski definition) is 0. The molecule has 0 unspecified atom stereocenters. The minimum atomic E-state index is -0.396. The van der Waals surface area contributed by atoms with Crippen LogP contribution in [0.25, 0.3) is 22.6 Å². The Kier molecular flexibility index (Phi) is 3.75. The Hall–Kier alpha value is -2.72. The number of fused-ring (bicyclic) bond motifs is 1. The third kappa shape index (κ3) is 2.55. The van der Waals surface area contributed by atoms with Crippen LogP contribution in [0.2, 0.25) is 5.02 Å². The molecule has 118 valence electrons. The number of rotatable bonds is 3. The molecule has 5 heteroatoms. The zero-order valence-corrected chi connectivity index (χ0v) is 13.4. The number of pyridine rings is 1. The molecule has 0 radical (unpaired) electrons. The number of imidazole rings is 1. The molecular formula is C19H13ClFN3. The first-order chi connectivity index (χ1) is 11.7. The summed E-state index contributed by atoms with van der Waals surface area (Å²) in [6, 6.07) is 18.3. The summed E-state index contributed by atoms with van der Waals surface area (Å²) in [6.07, 6.45) is 1.71. The van der Waals surface area contributed by atoms with Gasteiger partial charge in [0.1, 0.15) is 17.2 Å². The summed E-state index contributed by atoms with van der Waals surface area (Å²) in [4.78, 5) is 8.99. The highest BCUT2D eigenvalue weighted by atomic mass is 35.5. The maximum atomic E-state index is 14.4. The summed E-state index contributed by atoms with van der Waals surface area (Å²) in [5.74, 6) is 0.0859. The molecule has 24 heavy (non-hydrogen) atoms. The first-order valence-electron chi connectivity index (χ1n) is 7.53. The molecule has 0 saturated heterocycles. The molecule has 0 spiro atoms. The van der Waals surface area contributed by atoms with Crippen molar-refractivity contribution >= 4 is 22.8 Å². The van der Waals surface area contributed by atoms with Crippen LogP contribution in [0.15, 0.2) is 66.9 Å². The topological polar surface area (TPSA) is 30.7 Å². The van der Waals surface area contributed by atoms with Gasteiger partial charge in [-0.1, -0.05) is 48.0 Å². The summed E-state index contributed by atoms with van der Waals surface area (Å²) in [5.41, 5.74) is 2.79. The number of benzene rings is 2. The second-order valence-electron chi connectivity index (χ2n) is 5.45. The predicted octanol–water partition coefficient (Wildman–Crippen LogP) is 4.94. The van der Waals surface area contributed by atoms with Crippen molar-refractivity contribution in [3.05, 3.63) is 83.3 Å². The van der Waals surface area contributed by atoms with Crippen LogP contribution in [0, 0.1) is 5.82 Å². The van der Waals surface area contributed by atoms with Crippen molar-refractivity contribution in [1.82, 2.24) is 14.5 Å². The molecule has 0 saturated carbocycles. The second-order valence-corrected chi connectivity index (χ2v) is 5.86. The molecule has 0 aliphatic rings. The molecule has 0 bridgehead atoms. The largest absolute Gasteiger partial charge is 0.304 e. The van der Waals surface area contributed by atoms with E-state index in [1.807, 2.05) is 47.0 Å². The first-order valence-corrected chi connectivity index (χ1v) is 7.91. The third-order valence-electron chi connectivity index (χ3n) is 3.87. The fraction of sp³-hybridized carbons (Fsp3) is 0.0526. The van der Waals surface area contributed by atoms with Crippen molar-refractivity contribution in [3.8, 4) is 11.4 Å². The Morgan fingerprint density at radius 3 is 2.58 bits per heavy atom. The summed E-state index contributed by atoms with van der Waals surface area (Å²) in [5, 5.41) is 0.333. The van der Waals surface area contributed by atoms with Crippen LogP contribution in [-0.2, 0) is 6.54 Å². The van der Waals surface area contributed by atoms with E-state index in [4.69, 9.17) is 11.6 Å². The first kappa shape index (κ1) is 14.8. The van der Waals surface area contributed by atoms with Crippen molar-refractivity contribution in [1.29, 1.82) is 0 Å². The summed E-state index contributed by atoms with van der Waals surface area (Å²) in [7, 11) is 0. The van der Waals surface area contributed by atoms with E-state index in [1.54, 1.807) is 18.3 Å². The van der Waals surface area contributed by atoms with E-state index in [-0.39, 0.29) is 0 Å². The summed E-state index contributed by atoms with van der Waals surface area (Å²) in [6.45, 7) is 0.536. The third-order valence-corrected chi connectivity index (χ3v) is 4.19. The van der Waals surface area contributed by atoms with E-state index in [0.29, 0.717) is 34.1 Å². The SMILES string of the molecule is Fc1cccc(Cl)c1-c1nc2cccnc2n1Cc1ccccc1. The van der Waals surface area contributed by atoms with Crippen LogP contribution in [0.3, 0.4) is 0 Å². The second kappa shape index (κ2) is 6.06. The van der Waals surface area contributed by atoms with Crippen molar-refractivity contribution in [2.45, 2.75) is 6.54 Å². The Bertz CT molecular complexity index is 991. The number of halogens is 2. The van der Waals surface area contributed by atoms with Crippen LogP contribution in [0.5, 0.6) is 0 Å². The van der Waals surface area contributed by atoms with Crippen LogP contribution >= 0.6 is 11.6 Å². The summed E-state index contributed by atoms with van der Waals surface area (Å²) >= 11 is 6.25. The highest BCUT2D eigenvalue weighted by Crippen LogP contribution is 2.32. The Labute approximate surface area is 143 Å². The van der Waals surface area contributed by atoms with Crippen LogP contribution < -0.4 is 0 Å². The maximum Gasteiger partial charge on any atom is 0.160 e. The van der Waals surface area contributed by atoms with Gasteiger partial charge >= 0.3 is 0 Å². The van der Waals surface area contributed by atoms with Crippen molar-refractivity contribution < 1.29 is 4.39 Å². The van der Waals surface area contributed by atoms with Gasteiger partial charge in [-0.3, -0.25) is 0 Å². The van der Waals surface area contributed by atoms with E-state index in [9.17, 15) is 4.39 Å². The van der Waals surface area contributed by atoms with E-state index >= 15 is 0 Å². The van der Waals surface area contributed by atoms with Gasteiger partial charge in [0.25, 0.3) is 0 Å². The lowest BCUT2D eigenvalue weighted by Gasteiger charge is -2.10. The molecule has 0 N–H and O–H groups in total. The van der Waals surface area contributed by atoms with Gasteiger partial charge in [0.2, 0.25) is 0 Å². The molecule has 0 amide bonds. The molecule has 2 aromatic heterocycles. The van der Waals surface area contributed by atoms with Gasteiger partial charge in [0.15, 0.2) is 5.65 Å². The van der Waals surface area contributed by atoms with Gasteiger partial charge < -0.3 is 4.57 Å². The van der Waals surface area contributed by atoms with Crippen molar-refractivity contribution in [2.75, 3.05) is 0 Å². The van der Waals surface area contributed by atoms with E-state index in [1.165, 1.54) is 6.07 Å². The fourth-order valence-corrected chi connectivity index (χ4v) is 3.02. The Morgan fingerprint density at radius 1 is 0.958 bits per heavy atom. The lowest BCUT2D eigenvalue weighted by Crippen LogP contribution is -2.04. The average Bonchev–Trinajstić information content (AvgIpc) is 2.94. The normalized spacial score (nSPS) is 11.1. The molecule has 3 nitrogen and oxygen atoms in total. The van der Waals surface area contributed by atoms with Crippen LogP contribution in [0.4, 0.5) is 4.39 Å². The minimum absolute atomic E-state index is 0.299. The lowest BCUT2D eigenvalue weighted by molar-refractivity contribution is 0.628. The molecular weight excluding hydrogens is 325 g/mol. The van der Waals surface area contributed by atoms with Gasteiger partial charge in [0.05, 0.1) is 17.1 Å². The Morgan fingerprint density at radius 2 is 1.79 bits per heavy atom. The van der Waals surface area contributed by atoms with Gasteiger partial charge in [-0.05, 0) is 29.8 Å². The molecule has 2 aromatic carbocycles. The highest BCUT2D eigenvalue weighted by molar-refractivity contribution is 6.33. The van der Waals surface area contributed by atoms with Gasteiger partial charge in [0, 0.05) is 6.20 Å². The summed E-state index contributed by atoms with van der Waals surface area (Å²) < 4.78 is 16.3. The van der Waals surface area contributed by atoms with Crippen molar-refractivity contribution in [2.24, 2.45) is 0 Å². The maximum absolute atomic E-state index is 14.4. The van der Waals surface area contributed by atoms with E-state index in [0.717, 1.165) is 5.56 Å². The molecule has 2 heterocycles. The van der Waals surface area contributed by atoms with Crippen LogP contribution in [-0.4, -0.2) is 14.5 Å². The molecule has 4 rings (SSSR count). The highest BCUT2D eigenvalue weighted by Gasteiger charge is 2.19. The standard InChI is InChI=1S/C19H13ClFN3/c20-14-8-4-9-15(21)17(14)19-23-16-10-5-11-22-18(16)24(19)12-13-6-2-1-3-7-13/h1-11H,12H2. The van der Waals surface area contributed by atoms with Gasteiger partial charge in [-0.2, -0.15) is 0 Å². The average molecular weight is 338 g/mol. The smallest absolute Gasteiger partial charge is 0.160 e. The molecule has 0 atom stereocenters. The monoisotopic (exact) mass is 337 g/mol. The predicted molar refractivity (Wildman–Crippen MR) is 93.5 cm³/mol. The van der Waals surface area contributed by atoms with E-state index < -0.39 is 5.82 Å². The quantitative estimate of drug-likeness (QED) is 0.530. The van der Waals surface area contributed by atoms with E-state index in [2.05, 4.69) is 9.97 Å². The fourth-order valence-electron chi connectivity index (χ4n) is 2.78. The molecule has 4 aromatic rings. The lowest BCUT2D eigenvalue weighted by atomic mass is 10.2. The molecule has 0 aliphatic heterocycles. The zero-order valence-electron chi connectivity index (χ0n) is 12.7. The van der Waals surface area contributed by atoms with Crippen LogP contribution in [0.1, 0.15) is 5.56 Å². The minimum Gasteiger partial charge on any atom is -0.304 e. The molecule has 0 aliphatic carbocycles. The van der Waals surface area contributed by atoms with Gasteiger partial charge in [-0.15, -0.1) is 0 Å². The van der Waals surface area contributed by atoms with Gasteiger partial charge in [-0.25, -0.2) is 14.4 Å². The molecule has 0 fully saturated rings. The number of aromatic nitrogens is 3. The zero-order chi connectivity index (χ0) is 16.5. The van der Waals surface area contributed by atoms with Crippen molar-refractivity contribution in [3.63, 3.8) is 0 Å². The Balaban J connectivity index is 1.97. The number of hydrogen-bond acceptors (Lipinski definition) is 2.